The Morgan fingerprint density at radius 1 is 1.13 bits per heavy atom. The Morgan fingerprint density at radius 2 is 1.89 bits per heavy atom. The van der Waals surface area contributed by atoms with E-state index in [1.807, 2.05) is 0 Å². The number of fused-ring (bicyclic) bond motifs is 1. The molecule has 192 valence electrons. The van der Waals surface area contributed by atoms with Crippen LogP contribution in [-0.2, 0) is 9.53 Å². The highest BCUT2D eigenvalue weighted by Crippen LogP contribution is 2.31. The first-order chi connectivity index (χ1) is 18.3. The molecule has 0 bridgehead atoms. The number of furan rings is 1. The minimum Gasteiger partial charge on any atom is -0.466 e. The third-order valence-electron chi connectivity index (χ3n) is 5.83. The van der Waals surface area contributed by atoms with Crippen molar-refractivity contribution < 1.29 is 27.9 Å². The number of halogens is 2. The Labute approximate surface area is 223 Å². The standard InChI is InChI=1S/C27H18ClFN2O6S/c1-14-22(26(34)35-2)23(15-8-10-16(11-9-15)37-25(33)20-7-4-12-36-20)31-24(32)21(38-27(31)30-14)13-17-18(28)5-3-6-19(17)29/h3-13,23H,1-2H3/b21-13+/t23-/m0/s1. The predicted molar refractivity (Wildman–Crippen MR) is 137 cm³/mol. The fourth-order valence-electron chi connectivity index (χ4n) is 4.06. The van der Waals surface area contributed by atoms with Gasteiger partial charge < -0.3 is 13.9 Å². The van der Waals surface area contributed by atoms with Crippen LogP contribution in [0.25, 0.3) is 6.08 Å². The van der Waals surface area contributed by atoms with Gasteiger partial charge in [-0.15, -0.1) is 0 Å². The highest BCUT2D eigenvalue weighted by molar-refractivity contribution is 7.07. The molecule has 0 N–H and O–H groups in total. The van der Waals surface area contributed by atoms with Crippen LogP contribution in [0.1, 0.15) is 34.6 Å². The maximum Gasteiger partial charge on any atom is 0.379 e. The summed E-state index contributed by atoms with van der Waals surface area (Å²) in [4.78, 5) is 43.4. The van der Waals surface area contributed by atoms with Crippen LogP contribution < -0.4 is 19.6 Å². The van der Waals surface area contributed by atoms with Crippen LogP contribution in [0.15, 0.2) is 86.3 Å². The number of aromatic nitrogens is 1. The van der Waals surface area contributed by atoms with Gasteiger partial charge >= 0.3 is 11.9 Å². The van der Waals surface area contributed by atoms with Gasteiger partial charge in [0.15, 0.2) is 4.80 Å². The molecule has 1 atom stereocenters. The molecule has 0 fully saturated rings. The summed E-state index contributed by atoms with van der Waals surface area (Å²) in [6, 6.07) is 12.7. The first-order valence-electron chi connectivity index (χ1n) is 11.2. The first-order valence-corrected chi connectivity index (χ1v) is 12.4. The molecule has 2 aromatic heterocycles. The van der Waals surface area contributed by atoms with E-state index >= 15 is 0 Å². The smallest absolute Gasteiger partial charge is 0.379 e. The highest BCUT2D eigenvalue weighted by atomic mass is 35.5. The van der Waals surface area contributed by atoms with Crippen molar-refractivity contribution in [3.8, 4) is 5.75 Å². The molecule has 8 nitrogen and oxygen atoms in total. The van der Waals surface area contributed by atoms with E-state index in [4.69, 9.17) is 25.5 Å². The topological polar surface area (TPSA) is 100 Å². The quantitative estimate of drug-likeness (QED) is 0.274. The zero-order chi connectivity index (χ0) is 27.0. The molecule has 0 spiro atoms. The minimum atomic E-state index is -0.897. The second-order valence-corrected chi connectivity index (χ2v) is 9.56. The van der Waals surface area contributed by atoms with Gasteiger partial charge in [-0.2, -0.15) is 0 Å². The van der Waals surface area contributed by atoms with E-state index in [9.17, 15) is 18.8 Å². The Balaban J connectivity index is 1.61. The number of rotatable bonds is 5. The Bertz CT molecular complexity index is 1750. The number of carbonyl (C=O) groups excluding carboxylic acids is 2. The molecule has 11 heteroatoms. The molecule has 2 aromatic carbocycles. The number of hydrogen-bond acceptors (Lipinski definition) is 8. The van der Waals surface area contributed by atoms with E-state index in [0.717, 1.165) is 11.3 Å². The van der Waals surface area contributed by atoms with E-state index in [1.165, 1.54) is 60.4 Å². The molecule has 5 rings (SSSR count). The maximum atomic E-state index is 14.4. The lowest BCUT2D eigenvalue weighted by Crippen LogP contribution is -2.39. The summed E-state index contributed by atoms with van der Waals surface area (Å²) in [7, 11) is 1.24. The van der Waals surface area contributed by atoms with Crippen LogP contribution in [0.5, 0.6) is 5.75 Å². The number of esters is 2. The number of methoxy groups -OCH3 is 1. The molecule has 0 amide bonds. The van der Waals surface area contributed by atoms with Gasteiger partial charge in [0.2, 0.25) is 5.76 Å². The number of nitrogens with zero attached hydrogens (tertiary/aromatic N) is 2. The summed E-state index contributed by atoms with van der Waals surface area (Å²) in [6.45, 7) is 1.64. The van der Waals surface area contributed by atoms with E-state index in [0.29, 0.717) is 16.1 Å². The number of hydrogen-bond donors (Lipinski definition) is 0. The Kier molecular flexibility index (Phi) is 6.83. The lowest BCUT2D eigenvalue weighted by Gasteiger charge is -2.24. The number of benzene rings is 2. The van der Waals surface area contributed by atoms with Crippen LogP contribution in [0.4, 0.5) is 4.39 Å². The number of carbonyl (C=O) groups is 2. The minimum absolute atomic E-state index is 0.0442. The molecule has 0 radical (unpaired) electrons. The third kappa shape index (κ3) is 4.59. The summed E-state index contributed by atoms with van der Waals surface area (Å²) in [6.07, 6.45) is 2.73. The van der Waals surface area contributed by atoms with Crippen molar-refractivity contribution >= 4 is 41.0 Å². The van der Waals surface area contributed by atoms with Gasteiger partial charge in [0.25, 0.3) is 5.56 Å². The van der Waals surface area contributed by atoms with Gasteiger partial charge in [-0.25, -0.2) is 19.0 Å². The fraction of sp³-hybridized carbons (Fsp3) is 0.111. The van der Waals surface area contributed by atoms with Crippen LogP contribution in [0.2, 0.25) is 5.02 Å². The lowest BCUT2D eigenvalue weighted by molar-refractivity contribution is -0.136. The van der Waals surface area contributed by atoms with Crippen molar-refractivity contribution in [1.29, 1.82) is 0 Å². The van der Waals surface area contributed by atoms with Crippen molar-refractivity contribution in [3.05, 3.63) is 120 Å². The number of allylic oxidation sites excluding steroid dienone is 1. The van der Waals surface area contributed by atoms with E-state index in [1.54, 1.807) is 25.1 Å². The summed E-state index contributed by atoms with van der Waals surface area (Å²) in [5.74, 6) is -1.63. The van der Waals surface area contributed by atoms with Crippen molar-refractivity contribution in [2.45, 2.75) is 13.0 Å². The van der Waals surface area contributed by atoms with Gasteiger partial charge in [-0.1, -0.05) is 41.1 Å². The average Bonchev–Trinajstić information content (AvgIpc) is 3.54. The summed E-state index contributed by atoms with van der Waals surface area (Å²) in [5, 5.41) is 0.151. The van der Waals surface area contributed by atoms with Crippen molar-refractivity contribution in [1.82, 2.24) is 4.57 Å². The SMILES string of the molecule is COC(=O)C1=C(C)N=c2s/c(=C/c3c(F)cccc3Cl)c(=O)n2[C@H]1c1ccc(OC(=O)c2ccco2)cc1. The number of ether oxygens (including phenoxy) is 2. The van der Waals surface area contributed by atoms with E-state index in [-0.39, 0.29) is 32.2 Å². The molecular weight excluding hydrogens is 535 g/mol. The summed E-state index contributed by atoms with van der Waals surface area (Å²) >= 11 is 7.21. The molecular formula is C27H18ClFN2O6S. The Morgan fingerprint density at radius 3 is 2.55 bits per heavy atom. The fourth-order valence-corrected chi connectivity index (χ4v) is 5.30. The first kappa shape index (κ1) is 25.4. The predicted octanol–water partition coefficient (Wildman–Crippen LogP) is 4.01. The van der Waals surface area contributed by atoms with Crippen molar-refractivity contribution in [2.75, 3.05) is 7.11 Å². The zero-order valence-corrected chi connectivity index (χ0v) is 21.5. The maximum absolute atomic E-state index is 14.4. The van der Waals surface area contributed by atoms with Crippen LogP contribution in [0.3, 0.4) is 0 Å². The normalized spacial score (nSPS) is 15.2. The molecule has 38 heavy (non-hydrogen) atoms. The number of thiazole rings is 1. The molecule has 0 saturated heterocycles. The van der Waals surface area contributed by atoms with Crippen LogP contribution in [-0.4, -0.2) is 23.6 Å². The van der Waals surface area contributed by atoms with Gasteiger partial charge in [0, 0.05) is 5.56 Å². The van der Waals surface area contributed by atoms with E-state index < -0.39 is 29.4 Å². The van der Waals surface area contributed by atoms with E-state index in [2.05, 4.69) is 4.99 Å². The Hall–Kier alpha value is -4.28. The summed E-state index contributed by atoms with van der Waals surface area (Å²) in [5.41, 5.74) is 0.652. The molecule has 0 aliphatic carbocycles. The lowest BCUT2D eigenvalue weighted by atomic mass is 9.96. The monoisotopic (exact) mass is 552 g/mol. The van der Waals surface area contributed by atoms with Crippen LogP contribution in [0, 0.1) is 5.82 Å². The van der Waals surface area contributed by atoms with Gasteiger partial charge in [-0.05, 0) is 55.0 Å². The van der Waals surface area contributed by atoms with Crippen molar-refractivity contribution in [2.24, 2.45) is 4.99 Å². The van der Waals surface area contributed by atoms with Gasteiger partial charge in [0.1, 0.15) is 11.6 Å². The van der Waals surface area contributed by atoms with Crippen LogP contribution >= 0.6 is 22.9 Å². The van der Waals surface area contributed by atoms with Gasteiger partial charge in [0.05, 0.1) is 40.2 Å². The second-order valence-electron chi connectivity index (χ2n) is 8.14. The molecule has 1 aliphatic heterocycles. The summed E-state index contributed by atoms with van der Waals surface area (Å²) < 4.78 is 31.3. The largest absolute Gasteiger partial charge is 0.466 e. The molecule has 3 heterocycles. The highest BCUT2D eigenvalue weighted by Gasteiger charge is 2.33. The zero-order valence-electron chi connectivity index (χ0n) is 19.9. The second kappa shape index (κ2) is 10.2. The average molecular weight is 553 g/mol. The molecule has 0 unspecified atom stereocenters. The molecule has 0 saturated carbocycles. The third-order valence-corrected chi connectivity index (χ3v) is 7.14. The van der Waals surface area contributed by atoms with Crippen molar-refractivity contribution in [3.63, 3.8) is 0 Å². The molecule has 4 aromatic rings. The molecule has 1 aliphatic rings. The van der Waals surface area contributed by atoms with Gasteiger partial charge in [-0.3, -0.25) is 9.36 Å².